The minimum Gasteiger partial charge on any atom is -0.441 e. The van der Waals surface area contributed by atoms with Crippen LogP contribution in [0.1, 0.15) is 18.7 Å². The molecule has 1 unspecified atom stereocenters. The number of carbonyl (C=O) groups excluding carboxylic acids is 1. The summed E-state index contributed by atoms with van der Waals surface area (Å²) in [4.78, 5) is 15.9. The minimum absolute atomic E-state index is 0.344. The van der Waals surface area contributed by atoms with Gasteiger partial charge in [-0.3, -0.25) is 0 Å². The summed E-state index contributed by atoms with van der Waals surface area (Å²) in [7, 11) is 0. The molecule has 0 aliphatic carbocycles. The summed E-state index contributed by atoms with van der Waals surface area (Å²) in [6.07, 6.45) is 1.19. The highest BCUT2D eigenvalue weighted by molar-refractivity contribution is 5.80. The number of hydrogen-bond donors (Lipinski definition) is 0. The Morgan fingerprint density at radius 3 is 3.17 bits per heavy atom. The van der Waals surface area contributed by atoms with Crippen LogP contribution < -0.4 is 4.74 Å². The van der Waals surface area contributed by atoms with Gasteiger partial charge in [-0.25, -0.2) is 9.78 Å². The molecule has 1 atom stereocenters. The summed E-state index contributed by atoms with van der Waals surface area (Å²) >= 11 is 0. The van der Waals surface area contributed by atoms with Crippen molar-refractivity contribution in [1.29, 1.82) is 0 Å². The van der Waals surface area contributed by atoms with Crippen LogP contribution in [0.3, 0.4) is 0 Å². The highest BCUT2D eigenvalue weighted by Crippen LogP contribution is 2.23. The zero-order chi connectivity index (χ0) is 12.5. The Morgan fingerprint density at radius 2 is 2.39 bits per heavy atom. The largest absolute Gasteiger partial charge is 0.441 e. The zero-order valence-corrected chi connectivity index (χ0v) is 10.0. The van der Waals surface area contributed by atoms with Crippen molar-refractivity contribution in [3.05, 3.63) is 24.1 Å². The van der Waals surface area contributed by atoms with E-state index >= 15 is 0 Å². The molecular formula is C13H13NO4. The summed E-state index contributed by atoms with van der Waals surface area (Å²) in [5.74, 6) is 0.704. The van der Waals surface area contributed by atoms with E-state index in [0.717, 1.165) is 18.4 Å². The second-order valence-electron chi connectivity index (χ2n) is 4.29. The van der Waals surface area contributed by atoms with E-state index in [9.17, 15) is 4.79 Å². The van der Waals surface area contributed by atoms with Crippen molar-refractivity contribution in [2.24, 2.45) is 0 Å². The van der Waals surface area contributed by atoms with E-state index < -0.39 is 6.10 Å². The summed E-state index contributed by atoms with van der Waals surface area (Å²) in [6, 6.07) is 5.14. The molecule has 1 aromatic carbocycles. The minimum atomic E-state index is -0.433. The first kappa shape index (κ1) is 11.2. The number of benzene rings is 1. The number of fused-ring (bicyclic) bond motifs is 1. The lowest BCUT2D eigenvalue weighted by Gasteiger charge is -2.08. The molecule has 3 rings (SSSR count). The van der Waals surface area contributed by atoms with Gasteiger partial charge in [0.15, 0.2) is 17.6 Å². The second-order valence-corrected chi connectivity index (χ2v) is 4.29. The molecule has 5 heteroatoms. The van der Waals surface area contributed by atoms with Crippen LogP contribution in [0.15, 0.2) is 22.6 Å². The third-order valence-electron chi connectivity index (χ3n) is 2.88. The van der Waals surface area contributed by atoms with Crippen molar-refractivity contribution in [3.63, 3.8) is 0 Å². The summed E-state index contributed by atoms with van der Waals surface area (Å²) in [5.41, 5.74) is 1.37. The lowest BCUT2D eigenvalue weighted by molar-refractivity contribution is -0.144. The molecule has 1 fully saturated rings. The van der Waals surface area contributed by atoms with Gasteiger partial charge in [0.25, 0.3) is 0 Å². The average molecular weight is 247 g/mol. The Kier molecular flexibility index (Phi) is 2.76. The van der Waals surface area contributed by atoms with Crippen LogP contribution in [-0.4, -0.2) is 23.7 Å². The van der Waals surface area contributed by atoms with Gasteiger partial charge in [-0.05, 0) is 25.0 Å². The van der Waals surface area contributed by atoms with E-state index in [1.165, 1.54) is 0 Å². The van der Waals surface area contributed by atoms with Crippen LogP contribution in [0.5, 0.6) is 5.75 Å². The molecule has 2 heterocycles. The van der Waals surface area contributed by atoms with Gasteiger partial charge in [0.05, 0.1) is 0 Å². The highest BCUT2D eigenvalue weighted by atomic mass is 16.6. The van der Waals surface area contributed by atoms with Gasteiger partial charge in [0, 0.05) is 19.6 Å². The number of nitrogens with zero attached hydrogens (tertiary/aromatic N) is 1. The maximum absolute atomic E-state index is 11.8. The van der Waals surface area contributed by atoms with Crippen LogP contribution in [0.25, 0.3) is 11.1 Å². The molecule has 5 nitrogen and oxygen atoms in total. The highest BCUT2D eigenvalue weighted by Gasteiger charge is 2.25. The third-order valence-corrected chi connectivity index (χ3v) is 2.88. The zero-order valence-electron chi connectivity index (χ0n) is 10.0. The Hall–Kier alpha value is -1.88. The maximum atomic E-state index is 11.8. The summed E-state index contributed by atoms with van der Waals surface area (Å²) in [6.45, 7) is 2.40. The molecule has 1 aliphatic rings. The van der Waals surface area contributed by atoms with E-state index in [-0.39, 0.29) is 5.97 Å². The fourth-order valence-electron chi connectivity index (χ4n) is 2.03. The SMILES string of the molecule is Cc1nc2ccc(OC(=O)C3CCCO3)cc2o1. The Balaban J connectivity index is 1.79. The molecule has 1 aromatic heterocycles. The van der Waals surface area contributed by atoms with E-state index in [0.29, 0.717) is 23.8 Å². The second kappa shape index (κ2) is 4.42. The lowest BCUT2D eigenvalue weighted by atomic mass is 10.2. The number of esters is 1. The quantitative estimate of drug-likeness (QED) is 0.601. The molecule has 18 heavy (non-hydrogen) atoms. The predicted octanol–water partition coefficient (Wildman–Crippen LogP) is 2.22. The number of aromatic nitrogens is 1. The van der Waals surface area contributed by atoms with Gasteiger partial charge < -0.3 is 13.9 Å². The molecule has 0 radical (unpaired) electrons. The fraction of sp³-hybridized carbons (Fsp3) is 0.385. The molecule has 1 aliphatic heterocycles. The monoisotopic (exact) mass is 247 g/mol. The summed E-state index contributed by atoms with van der Waals surface area (Å²) in [5, 5.41) is 0. The van der Waals surface area contributed by atoms with Crippen molar-refractivity contribution in [2.75, 3.05) is 6.61 Å². The van der Waals surface area contributed by atoms with Crippen molar-refractivity contribution >= 4 is 17.1 Å². The van der Waals surface area contributed by atoms with Crippen LogP contribution in [-0.2, 0) is 9.53 Å². The van der Waals surface area contributed by atoms with Crippen molar-refractivity contribution < 1.29 is 18.7 Å². The van der Waals surface area contributed by atoms with Crippen LogP contribution in [0.4, 0.5) is 0 Å². The number of carbonyl (C=O) groups is 1. The Labute approximate surface area is 104 Å². The van der Waals surface area contributed by atoms with E-state index in [1.807, 2.05) is 0 Å². The Morgan fingerprint density at radius 1 is 1.50 bits per heavy atom. The molecular weight excluding hydrogens is 234 g/mol. The van der Waals surface area contributed by atoms with Gasteiger partial charge in [-0.2, -0.15) is 0 Å². The molecule has 94 valence electrons. The number of aryl methyl sites for hydroxylation is 1. The molecule has 0 amide bonds. The van der Waals surface area contributed by atoms with Crippen LogP contribution in [0.2, 0.25) is 0 Å². The van der Waals surface area contributed by atoms with Crippen LogP contribution in [0, 0.1) is 6.92 Å². The number of rotatable bonds is 2. The Bertz CT molecular complexity index is 584. The van der Waals surface area contributed by atoms with Gasteiger partial charge in [0.1, 0.15) is 11.3 Å². The number of oxazole rings is 1. The first-order valence-corrected chi connectivity index (χ1v) is 5.93. The molecule has 0 bridgehead atoms. The third kappa shape index (κ3) is 2.09. The number of ether oxygens (including phenoxy) is 2. The van der Waals surface area contributed by atoms with Gasteiger partial charge in [0.2, 0.25) is 0 Å². The maximum Gasteiger partial charge on any atom is 0.340 e. The molecule has 0 N–H and O–H groups in total. The number of hydrogen-bond acceptors (Lipinski definition) is 5. The van der Waals surface area contributed by atoms with Crippen LogP contribution >= 0.6 is 0 Å². The van der Waals surface area contributed by atoms with Crippen molar-refractivity contribution in [1.82, 2.24) is 4.98 Å². The summed E-state index contributed by atoms with van der Waals surface area (Å²) < 4.78 is 15.9. The van der Waals surface area contributed by atoms with Crippen molar-refractivity contribution in [2.45, 2.75) is 25.9 Å². The van der Waals surface area contributed by atoms with Gasteiger partial charge in [-0.1, -0.05) is 0 Å². The normalized spacial score (nSPS) is 19.3. The predicted molar refractivity (Wildman–Crippen MR) is 63.4 cm³/mol. The first-order chi connectivity index (χ1) is 8.72. The topological polar surface area (TPSA) is 61.6 Å². The standard InChI is InChI=1S/C13H13NO4/c1-8-14-10-5-4-9(7-12(10)17-8)18-13(15)11-3-2-6-16-11/h4-5,7,11H,2-3,6H2,1H3. The molecule has 0 spiro atoms. The van der Waals surface area contributed by atoms with E-state index in [4.69, 9.17) is 13.9 Å². The molecule has 1 saturated heterocycles. The smallest absolute Gasteiger partial charge is 0.340 e. The van der Waals surface area contributed by atoms with Gasteiger partial charge >= 0.3 is 5.97 Å². The fourth-order valence-corrected chi connectivity index (χ4v) is 2.03. The van der Waals surface area contributed by atoms with E-state index in [1.54, 1.807) is 25.1 Å². The average Bonchev–Trinajstić information content (AvgIpc) is 2.95. The first-order valence-electron chi connectivity index (χ1n) is 5.93. The lowest BCUT2D eigenvalue weighted by Crippen LogP contribution is -2.24. The van der Waals surface area contributed by atoms with Gasteiger partial charge in [-0.15, -0.1) is 0 Å². The molecule has 2 aromatic rings. The molecule has 0 saturated carbocycles. The van der Waals surface area contributed by atoms with E-state index in [2.05, 4.69) is 4.98 Å². The van der Waals surface area contributed by atoms with Crippen molar-refractivity contribution in [3.8, 4) is 5.75 Å².